The summed E-state index contributed by atoms with van der Waals surface area (Å²) >= 11 is 1.37. The highest BCUT2D eigenvalue weighted by atomic mass is 32.1. The van der Waals surface area contributed by atoms with Gasteiger partial charge < -0.3 is 4.57 Å². The Kier molecular flexibility index (Phi) is 3.08. The minimum atomic E-state index is -0.422. The molecule has 1 aromatic carbocycles. The van der Waals surface area contributed by atoms with Crippen LogP contribution in [0.2, 0.25) is 0 Å². The van der Waals surface area contributed by atoms with Crippen molar-refractivity contribution in [3.05, 3.63) is 63.0 Å². The molecule has 2 heterocycles. The van der Waals surface area contributed by atoms with E-state index in [1.807, 2.05) is 11.4 Å². The molecular formula is C14H10N2O3S. The molecule has 0 radical (unpaired) electrons. The van der Waals surface area contributed by atoms with Crippen LogP contribution in [-0.2, 0) is 6.54 Å². The number of carbonyl (C=O) groups is 1. The summed E-state index contributed by atoms with van der Waals surface area (Å²) in [4.78, 5) is 23.4. The van der Waals surface area contributed by atoms with E-state index in [0.717, 1.165) is 5.39 Å². The third-order valence-electron chi connectivity index (χ3n) is 3.07. The summed E-state index contributed by atoms with van der Waals surface area (Å²) in [5.74, 6) is -0.0457. The molecule has 0 saturated carbocycles. The number of benzene rings is 1. The Bertz CT molecular complexity index is 790. The van der Waals surface area contributed by atoms with Gasteiger partial charge in [-0.25, -0.2) is 0 Å². The van der Waals surface area contributed by atoms with Crippen LogP contribution >= 0.6 is 11.3 Å². The molecular weight excluding hydrogens is 276 g/mol. The van der Waals surface area contributed by atoms with Gasteiger partial charge in [-0.1, -0.05) is 18.2 Å². The van der Waals surface area contributed by atoms with Crippen molar-refractivity contribution in [3.63, 3.8) is 0 Å². The first-order valence-corrected chi connectivity index (χ1v) is 6.84. The number of thiophene rings is 1. The lowest BCUT2D eigenvalue weighted by Gasteiger charge is -2.04. The van der Waals surface area contributed by atoms with Crippen LogP contribution < -0.4 is 0 Å². The SMILES string of the molecule is O=C(Cn1ccc2cccc([N+](=O)[O-])c21)c1cccs1. The van der Waals surface area contributed by atoms with E-state index in [9.17, 15) is 14.9 Å². The fourth-order valence-corrected chi connectivity index (χ4v) is 2.85. The Morgan fingerprint density at radius 1 is 1.25 bits per heavy atom. The summed E-state index contributed by atoms with van der Waals surface area (Å²) in [7, 11) is 0. The van der Waals surface area contributed by atoms with Crippen molar-refractivity contribution in [2.75, 3.05) is 0 Å². The Labute approximate surface area is 118 Å². The number of non-ortho nitro benzene ring substituents is 1. The Hall–Kier alpha value is -2.47. The average molecular weight is 286 g/mol. The van der Waals surface area contributed by atoms with Gasteiger partial charge in [0, 0.05) is 17.6 Å². The van der Waals surface area contributed by atoms with Crippen LogP contribution in [0.15, 0.2) is 48.0 Å². The predicted octanol–water partition coefficient (Wildman–Crippen LogP) is 3.49. The molecule has 0 spiro atoms. The maximum atomic E-state index is 12.1. The second kappa shape index (κ2) is 4.90. The van der Waals surface area contributed by atoms with Gasteiger partial charge in [0.1, 0.15) is 5.52 Å². The fraction of sp³-hybridized carbons (Fsp3) is 0.0714. The normalized spacial score (nSPS) is 10.8. The van der Waals surface area contributed by atoms with Crippen LogP contribution in [0.5, 0.6) is 0 Å². The van der Waals surface area contributed by atoms with Crippen LogP contribution in [0, 0.1) is 10.1 Å². The van der Waals surface area contributed by atoms with Gasteiger partial charge in [0.25, 0.3) is 5.69 Å². The van der Waals surface area contributed by atoms with Crippen molar-refractivity contribution >= 4 is 33.7 Å². The number of ketones is 1. The molecule has 0 aliphatic heterocycles. The van der Waals surface area contributed by atoms with E-state index < -0.39 is 4.92 Å². The number of hydrogen-bond acceptors (Lipinski definition) is 4. The first-order chi connectivity index (χ1) is 9.66. The summed E-state index contributed by atoms with van der Waals surface area (Å²) in [5, 5.41) is 13.7. The summed E-state index contributed by atoms with van der Waals surface area (Å²) in [6, 6.07) is 10.3. The molecule has 20 heavy (non-hydrogen) atoms. The Morgan fingerprint density at radius 2 is 2.10 bits per heavy atom. The fourth-order valence-electron chi connectivity index (χ4n) is 2.19. The second-order valence-electron chi connectivity index (χ2n) is 4.32. The number of aromatic nitrogens is 1. The second-order valence-corrected chi connectivity index (χ2v) is 5.26. The number of nitro groups is 1. The number of fused-ring (bicyclic) bond motifs is 1. The van der Waals surface area contributed by atoms with E-state index in [0.29, 0.717) is 10.4 Å². The maximum absolute atomic E-state index is 12.1. The number of nitrogens with zero attached hydrogens (tertiary/aromatic N) is 2. The van der Waals surface area contributed by atoms with Crippen LogP contribution in [0.1, 0.15) is 9.67 Å². The van der Waals surface area contributed by atoms with Gasteiger partial charge in [0.05, 0.1) is 16.3 Å². The van der Waals surface area contributed by atoms with Crippen LogP contribution in [0.4, 0.5) is 5.69 Å². The molecule has 3 aromatic rings. The van der Waals surface area contributed by atoms with E-state index in [2.05, 4.69) is 0 Å². The summed E-state index contributed by atoms with van der Waals surface area (Å²) in [5.41, 5.74) is 0.508. The van der Waals surface area contributed by atoms with Gasteiger partial charge >= 0.3 is 0 Å². The van der Waals surface area contributed by atoms with Crippen LogP contribution in [0.3, 0.4) is 0 Å². The van der Waals surface area contributed by atoms with E-state index in [-0.39, 0.29) is 18.0 Å². The summed E-state index contributed by atoms with van der Waals surface area (Å²) in [6.07, 6.45) is 1.71. The van der Waals surface area contributed by atoms with Crippen molar-refractivity contribution in [1.82, 2.24) is 4.57 Å². The largest absolute Gasteiger partial charge is 0.334 e. The molecule has 0 bridgehead atoms. The number of rotatable bonds is 4. The lowest BCUT2D eigenvalue weighted by atomic mass is 10.2. The quantitative estimate of drug-likeness (QED) is 0.419. The molecule has 0 fully saturated rings. The minimum Gasteiger partial charge on any atom is -0.334 e. The molecule has 0 amide bonds. The predicted molar refractivity (Wildman–Crippen MR) is 77.2 cm³/mol. The molecule has 2 aromatic heterocycles. The minimum absolute atomic E-state index is 0.0199. The van der Waals surface area contributed by atoms with Crippen molar-refractivity contribution in [2.45, 2.75) is 6.54 Å². The summed E-state index contributed by atoms with van der Waals surface area (Å²) in [6.45, 7) is 0.106. The third-order valence-corrected chi connectivity index (χ3v) is 3.98. The molecule has 6 heteroatoms. The van der Waals surface area contributed by atoms with Crippen molar-refractivity contribution in [1.29, 1.82) is 0 Å². The van der Waals surface area contributed by atoms with E-state index in [1.54, 1.807) is 35.0 Å². The number of carbonyl (C=O) groups excluding carboxylic acids is 1. The smallest absolute Gasteiger partial charge is 0.293 e. The average Bonchev–Trinajstić information content (AvgIpc) is 3.08. The molecule has 0 atom stereocenters. The van der Waals surface area contributed by atoms with E-state index in [1.165, 1.54) is 17.4 Å². The molecule has 0 N–H and O–H groups in total. The highest BCUT2D eigenvalue weighted by Gasteiger charge is 2.17. The van der Waals surface area contributed by atoms with Crippen molar-refractivity contribution < 1.29 is 9.72 Å². The number of hydrogen-bond donors (Lipinski definition) is 0. The van der Waals surface area contributed by atoms with Crippen molar-refractivity contribution in [3.8, 4) is 0 Å². The number of para-hydroxylation sites is 1. The van der Waals surface area contributed by atoms with Gasteiger partial charge in [-0.2, -0.15) is 0 Å². The standard InChI is InChI=1S/C14H10N2O3S/c17-12(13-5-2-8-20-13)9-15-7-6-10-3-1-4-11(14(10)15)16(18)19/h1-8H,9H2. The number of nitro benzene ring substituents is 1. The first kappa shape index (κ1) is 12.6. The van der Waals surface area contributed by atoms with E-state index >= 15 is 0 Å². The van der Waals surface area contributed by atoms with Gasteiger partial charge in [0.15, 0.2) is 5.78 Å². The number of Topliss-reactive ketones (excluding diaryl/α,β-unsaturated/α-hetero) is 1. The van der Waals surface area contributed by atoms with Crippen LogP contribution in [0.25, 0.3) is 10.9 Å². The lowest BCUT2D eigenvalue weighted by molar-refractivity contribution is -0.383. The summed E-state index contributed by atoms with van der Waals surface area (Å²) < 4.78 is 1.63. The molecule has 5 nitrogen and oxygen atoms in total. The van der Waals surface area contributed by atoms with Gasteiger partial charge in [-0.3, -0.25) is 14.9 Å². The highest BCUT2D eigenvalue weighted by Crippen LogP contribution is 2.26. The topological polar surface area (TPSA) is 65.1 Å². The Balaban J connectivity index is 2.04. The molecule has 3 rings (SSSR count). The molecule has 0 unspecified atom stereocenters. The monoisotopic (exact) mass is 286 g/mol. The lowest BCUT2D eigenvalue weighted by Crippen LogP contribution is -2.08. The maximum Gasteiger partial charge on any atom is 0.293 e. The zero-order valence-electron chi connectivity index (χ0n) is 10.4. The molecule has 0 aliphatic carbocycles. The molecule has 0 saturated heterocycles. The third kappa shape index (κ3) is 2.10. The van der Waals surface area contributed by atoms with Gasteiger partial charge in [-0.05, 0) is 17.5 Å². The van der Waals surface area contributed by atoms with Crippen molar-refractivity contribution in [2.24, 2.45) is 0 Å². The van der Waals surface area contributed by atoms with Gasteiger partial charge in [-0.15, -0.1) is 11.3 Å². The van der Waals surface area contributed by atoms with E-state index in [4.69, 9.17) is 0 Å². The first-order valence-electron chi connectivity index (χ1n) is 5.96. The molecule has 0 aliphatic rings. The van der Waals surface area contributed by atoms with Crippen LogP contribution in [-0.4, -0.2) is 15.3 Å². The zero-order valence-corrected chi connectivity index (χ0v) is 11.2. The Morgan fingerprint density at radius 3 is 2.80 bits per heavy atom. The highest BCUT2D eigenvalue weighted by molar-refractivity contribution is 7.12. The molecule has 100 valence electrons. The zero-order chi connectivity index (χ0) is 14.1. The van der Waals surface area contributed by atoms with Gasteiger partial charge in [0.2, 0.25) is 0 Å².